The van der Waals surface area contributed by atoms with E-state index in [1.54, 1.807) is 11.3 Å². The maximum atomic E-state index is 4.66. The van der Waals surface area contributed by atoms with Gasteiger partial charge in [0.05, 0.1) is 5.01 Å². The van der Waals surface area contributed by atoms with Crippen molar-refractivity contribution in [1.82, 2.24) is 20.5 Å². The predicted molar refractivity (Wildman–Crippen MR) is 94.8 cm³/mol. The predicted octanol–water partition coefficient (Wildman–Crippen LogP) is 2.04. The van der Waals surface area contributed by atoms with Crippen molar-refractivity contribution in [2.75, 3.05) is 39.3 Å². The van der Waals surface area contributed by atoms with Gasteiger partial charge in [0.1, 0.15) is 0 Å². The molecule has 0 unspecified atom stereocenters. The number of hydrogen-bond donors (Lipinski definition) is 2. The Balaban J connectivity index is 1.65. The van der Waals surface area contributed by atoms with Crippen LogP contribution in [-0.2, 0) is 6.42 Å². The zero-order valence-electron chi connectivity index (χ0n) is 13.9. The fourth-order valence-corrected chi connectivity index (χ4v) is 3.42. The summed E-state index contributed by atoms with van der Waals surface area (Å²) in [4.78, 5) is 12.9. The Morgan fingerprint density at radius 2 is 2.18 bits per heavy atom. The summed E-state index contributed by atoms with van der Waals surface area (Å²) >= 11 is 1.77. The molecule has 1 aromatic rings. The number of nitrogens with zero attached hydrogens (tertiary/aromatic N) is 3. The van der Waals surface area contributed by atoms with E-state index in [1.165, 1.54) is 42.4 Å². The minimum absolute atomic E-state index is 0.880. The molecular formula is C16H29N5S. The molecule has 2 rings (SSSR count). The molecule has 22 heavy (non-hydrogen) atoms. The molecule has 1 aliphatic rings. The lowest BCUT2D eigenvalue weighted by atomic mass is 10.4. The highest BCUT2D eigenvalue weighted by molar-refractivity contribution is 7.11. The minimum atomic E-state index is 0.880. The fourth-order valence-electron chi connectivity index (χ4n) is 2.64. The maximum absolute atomic E-state index is 4.66. The maximum Gasteiger partial charge on any atom is 0.191 e. The number of likely N-dealkylation sites (tertiary alicyclic amines) is 1. The van der Waals surface area contributed by atoms with Crippen LogP contribution in [0.5, 0.6) is 0 Å². The van der Waals surface area contributed by atoms with Gasteiger partial charge in [0, 0.05) is 37.1 Å². The molecule has 1 aromatic heterocycles. The Kier molecular flexibility index (Phi) is 7.66. The lowest BCUT2D eigenvalue weighted by molar-refractivity contribution is 0.336. The second-order valence-corrected chi connectivity index (χ2v) is 7.02. The van der Waals surface area contributed by atoms with Crippen LogP contribution in [0.2, 0.25) is 0 Å². The van der Waals surface area contributed by atoms with Crippen LogP contribution in [0.15, 0.2) is 11.2 Å². The van der Waals surface area contributed by atoms with Gasteiger partial charge in [0.2, 0.25) is 0 Å². The molecule has 0 saturated carbocycles. The van der Waals surface area contributed by atoms with Gasteiger partial charge in [-0.3, -0.25) is 4.99 Å². The average Bonchev–Trinajstić information content (AvgIpc) is 3.15. The zero-order chi connectivity index (χ0) is 15.6. The highest BCUT2D eigenvalue weighted by Crippen LogP contribution is 2.10. The van der Waals surface area contributed by atoms with Gasteiger partial charge in [0.25, 0.3) is 0 Å². The summed E-state index contributed by atoms with van der Waals surface area (Å²) in [5.41, 5.74) is 0. The molecule has 1 aliphatic heterocycles. The van der Waals surface area contributed by atoms with Crippen LogP contribution < -0.4 is 10.6 Å². The summed E-state index contributed by atoms with van der Waals surface area (Å²) in [5.74, 6) is 0.928. The molecule has 2 N–H and O–H groups in total. The van der Waals surface area contributed by atoms with Gasteiger partial charge in [0.15, 0.2) is 5.96 Å². The van der Waals surface area contributed by atoms with Crippen molar-refractivity contribution in [1.29, 1.82) is 0 Å². The van der Waals surface area contributed by atoms with E-state index in [9.17, 15) is 0 Å². The van der Waals surface area contributed by atoms with E-state index < -0.39 is 0 Å². The molecular weight excluding hydrogens is 294 g/mol. The molecule has 0 spiro atoms. The summed E-state index contributed by atoms with van der Waals surface area (Å²) in [5, 5.41) is 7.90. The van der Waals surface area contributed by atoms with Gasteiger partial charge in [-0.05, 0) is 52.7 Å². The van der Waals surface area contributed by atoms with Gasteiger partial charge >= 0.3 is 0 Å². The Hall–Kier alpha value is -1.14. The van der Waals surface area contributed by atoms with Crippen LogP contribution in [0.3, 0.4) is 0 Å². The second kappa shape index (κ2) is 9.79. The Morgan fingerprint density at radius 3 is 2.86 bits per heavy atom. The van der Waals surface area contributed by atoms with E-state index >= 15 is 0 Å². The molecule has 2 heterocycles. The van der Waals surface area contributed by atoms with Crippen molar-refractivity contribution in [2.45, 2.75) is 39.5 Å². The number of aliphatic imine (C=N–C) groups is 1. The molecule has 0 aromatic carbocycles. The number of hydrogen-bond acceptors (Lipinski definition) is 4. The number of thiazole rings is 1. The van der Waals surface area contributed by atoms with Crippen LogP contribution in [0.4, 0.5) is 0 Å². The van der Waals surface area contributed by atoms with Gasteiger partial charge in [-0.15, -0.1) is 11.3 Å². The number of rotatable bonds is 8. The average molecular weight is 324 g/mol. The van der Waals surface area contributed by atoms with E-state index in [-0.39, 0.29) is 0 Å². The third-order valence-corrected chi connectivity index (χ3v) is 4.72. The largest absolute Gasteiger partial charge is 0.357 e. The van der Waals surface area contributed by atoms with Crippen LogP contribution in [0.25, 0.3) is 0 Å². The van der Waals surface area contributed by atoms with Gasteiger partial charge in [-0.25, -0.2) is 4.98 Å². The van der Waals surface area contributed by atoms with Crippen molar-refractivity contribution >= 4 is 17.3 Å². The fraction of sp³-hybridized carbons (Fsp3) is 0.750. The second-order valence-electron chi connectivity index (χ2n) is 5.70. The molecule has 0 amide bonds. The third kappa shape index (κ3) is 6.32. The van der Waals surface area contributed by atoms with Gasteiger partial charge < -0.3 is 15.5 Å². The highest BCUT2D eigenvalue weighted by Gasteiger charge is 2.10. The third-order valence-electron chi connectivity index (χ3n) is 3.75. The molecule has 6 heteroatoms. The Morgan fingerprint density at radius 1 is 1.36 bits per heavy atom. The molecule has 0 aliphatic carbocycles. The van der Waals surface area contributed by atoms with E-state index in [0.29, 0.717) is 0 Å². The summed E-state index contributed by atoms with van der Waals surface area (Å²) in [6, 6.07) is 0. The van der Waals surface area contributed by atoms with E-state index in [0.717, 1.165) is 38.4 Å². The van der Waals surface area contributed by atoms with Crippen LogP contribution in [0.1, 0.15) is 36.1 Å². The van der Waals surface area contributed by atoms with Crippen molar-refractivity contribution in [3.05, 3.63) is 16.1 Å². The first-order valence-electron chi connectivity index (χ1n) is 8.44. The Labute approximate surface area is 138 Å². The van der Waals surface area contributed by atoms with Crippen LogP contribution >= 0.6 is 11.3 Å². The molecule has 5 nitrogen and oxygen atoms in total. The van der Waals surface area contributed by atoms with Crippen molar-refractivity contribution < 1.29 is 0 Å². The number of guanidine groups is 1. The standard InChI is InChI=1S/C16H29N5S/c1-3-17-16(18-8-6-12-21-10-4-5-11-21)19-9-7-15-20-13-14(2)22-15/h13H,3-12H2,1-2H3,(H2,17,18,19). The molecule has 0 atom stereocenters. The molecule has 0 radical (unpaired) electrons. The first-order chi connectivity index (χ1) is 10.8. The first-order valence-corrected chi connectivity index (χ1v) is 9.25. The Bertz CT molecular complexity index is 451. The summed E-state index contributed by atoms with van der Waals surface area (Å²) in [6.45, 7) is 10.6. The monoisotopic (exact) mass is 323 g/mol. The van der Waals surface area contributed by atoms with Gasteiger partial charge in [-0.1, -0.05) is 0 Å². The SMILES string of the molecule is CCNC(=NCCCN1CCCC1)NCCc1ncc(C)s1. The molecule has 1 fully saturated rings. The van der Waals surface area contributed by atoms with Crippen molar-refractivity contribution in [3.63, 3.8) is 0 Å². The van der Waals surface area contributed by atoms with Crippen molar-refractivity contribution in [2.24, 2.45) is 4.99 Å². The highest BCUT2D eigenvalue weighted by atomic mass is 32.1. The molecule has 1 saturated heterocycles. The topological polar surface area (TPSA) is 52.6 Å². The van der Waals surface area contributed by atoms with E-state index in [4.69, 9.17) is 0 Å². The quantitative estimate of drug-likeness (QED) is 0.437. The number of aryl methyl sites for hydroxylation is 1. The first kappa shape index (κ1) is 17.2. The lowest BCUT2D eigenvalue weighted by Crippen LogP contribution is -2.38. The normalized spacial score (nSPS) is 16.2. The smallest absolute Gasteiger partial charge is 0.191 e. The van der Waals surface area contributed by atoms with Crippen LogP contribution in [0, 0.1) is 6.92 Å². The summed E-state index contributed by atoms with van der Waals surface area (Å²) in [6.07, 6.45) is 6.77. The van der Waals surface area contributed by atoms with Gasteiger partial charge in [-0.2, -0.15) is 0 Å². The molecule has 124 valence electrons. The molecule has 0 bridgehead atoms. The summed E-state index contributed by atoms with van der Waals surface area (Å²) < 4.78 is 0. The van der Waals surface area contributed by atoms with E-state index in [1.807, 2.05) is 6.20 Å². The summed E-state index contributed by atoms with van der Waals surface area (Å²) in [7, 11) is 0. The van der Waals surface area contributed by atoms with Crippen molar-refractivity contribution in [3.8, 4) is 0 Å². The minimum Gasteiger partial charge on any atom is -0.357 e. The number of aromatic nitrogens is 1. The zero-order valence-corrected chi connectivity index (χ0v) is 14.7. The van der Waals surface area contributed by atoms with Crippen LogP contribution in [-0.4, -0.2) is 55.1 Å². The lowest BCUT2D eigenvalue weighted by Gasteiger charge is -2.14. The number of nitrogens with one attached hydrogen (secondary N) is 2. The van der Waals surface area contributed by atoms with E-state index in [2.05, 4.69) is 39.4 Å².